The van der Waals surface area contributed by atoms with E-state index in [1.807, 2.05) is 0 Å². The summed E-state index contributed by atoms with van der Waals surface area (Å²) in [5, 5.41) is 5.18. The molecule has 0 unspecified atom stereocenters. The zero-order valence-corrected chi connectivity index (χ0v) is 16.3. The lowest BCUT2D eigenvalue weighted by molar-refractivity contribution is -0.167. The van der Waals surface area contributed by atoms with Crippen LogP contribution in [0.25, 0.3) is 0 Å². The Balaban J connectivity index is 4.65. The molecule has 0 spiro atoms. The number of carbonyl (C=O) groups excluding carboxylic acids is 3. The van der Waals surface area contributed by atoms with Crippen LogP contribution in [0, 0.1) is 5.92 Å². The lowest BCUT2D eigenvalue weighted by Crippen LogP contribution is -2.47. The summed E-state index contributed by atoms with van der Waals surface area (Å²) < 4.78 is 15.0. The van der Waals surface area contributed by atoms with Crippen molar-refractivity contribution in [3.63, 3.8) is 0 Å². The van der Waals surface area contributed by atoms with Crippen molar-refractivity contribution in [3.8, 4) is 0 Å². The summed E-state index contributed by atoms with van der Waals surface area (Å²) in [5.41, 5.74) is 0.354. The van der Waals surface area contributed by atoms with Crippen LogP contribution < -0.4 is 10.6 Å². The zero-order chi connectivity index (χ0) is 19.8. The van der Waals surface area contributed by atoms with E-state index in [2.05, 4.69) is 10.6 Å². The minimum absolute atomic E-state index is 0.235. The maximum Gasteiger partial charge on any atom is 0.408 e. The average molecular weight is 358 g/mol. The molecule has 0 aliphatic rings. The van der Waals surface area contributed by atoms with E-state index in [1.54, 1.807) is 55.5 Å². The molecule has 0 aromatic heterocycles. The topological polar surface area (TPSA) is 103 Å². The second-order valence-electron chi connectivity index (χ2n) is 7.01. The fourth-order valence-electron chi connectivity index (χ4n) is 1.79. The Morgan fingerprint density at radius 3 is 2.00 bits per heavy atom. The van der Waals surface area contributed by atoms with Gasteiger partial charge in [0.15, 0.2) is 0 Å². The molecule has 0 bridgehead atoms. The van der Waals surface area contributed by atoms with Crippen LogP contribution in [0.1, 0.15) is 48.5 Å². The van der Waals surface area contributed by atoms with Crippen LogP contribution in [0.15, 0.2) is 11.3 Å². The van der Waals surface area contributed by atoms with Crippen LogP contribution in [0.5, 0.6) is 0 Å². The highest BCUT2D eigenvalue weighted by molar-refractivity contribution is 5.88. The molecule has 0 saturated carbocycles. The first-order chi connectivity index (χ1) is 11.4. The summed E-state index contributed by atoms with van der Waals surface area (Å²) in [6.45, 7) is 11.6. The van der Waals surface area contributed by atoms with E-state index in [1.165, 1.54) is 0 Å². The Hall–Kier alpha value is -2.25. The average Bonchev–Trinajstić information content (AvgIpc) is 2.42. The van der Waals surface area contributed by atoms with E-state index in [-0.39, 0.29) is 5.92 Å². The molecule has 0 heterocycles. The number of hydrogen-bond donors (Lipinski definition) is 2. The van der Waals surface area contributed by atoms with Crippen molar-refractivity contribution >= 4 is 18.0 Å². The summed E-state index contributed by atoms with van der Waals surface area (Å²) >= 11 is 0. The van der Waals surface area contributed by atoms with Crippen LogP contribution in [0.3, 0.4) is 0 Å². The van der Waals surface area contributed by atoms with E-state index in [9.17, 15) is 14.4 Å². The number of amides is 1. The van der Waals surface area contributed by atoms with Gasteiger partial charge in [-0.05, 0) is 46.1 Å². The number of allylic oxidation sites excluding steroid dienone is 1. The van der Waals surface area contributed by atoms with Gasteiger partial charge in [0.05, 0.1) is 0 Å². The number of ether oxygens (including phenoxy) is 3. The molecule has 1 amide bonds. The summed E-state index contributed by atoms with van der Waals surface area (Å²) in [6.07, 6.45) is -0.720. The van der Waals surface area contributed by atoms with Crippen LogP contribution in [0.2, 0.25) is 0 Å². The Morgan fingerprint density at radius 2 is 1.60 bits per heavy atom. The van der Waals surface area contributed by atoms with E-state index >= 15 is 0 Å². The van der Waals surface area contributed by atoms with Gasteiger partial charge >= 0.3 is 18.0 Å². The number of rotatable bonds is 7. The normalized spacial score (nSPS) is 12.0. The van der Waals surface area contributed by atoms with Gasteiger partial charge in [0.1, 0.15) is 17.3 Å². The summed E-state index contributed by atoms with van der Waals surface area (Å²) in [7, 11) is 1.59. The summed E-state index contributed by atoms with van der Waals surface area (Å²) in [6, 6.07) is -0.916. The molecule has 0 aromatic carbocycles. The largest absolute Gasteiger partial charge is 0.444 e. The number of hydrogen-bond acceptors (Lipinski definition) is 7. The third-order valence-corrected chi connectivity index (χ3v) is 2.94. The van der Waals surface area contributed by atoms with Crippen LogP contribution in [-0.2, 0) is 23.8 Å². The Morgan fingerprint density at radius 1 is 1.04 bits per heavy atom. The number of alkyl carbamates (subject to hydrolysis) is 1. The second-order valence-corrected chi connectivity index (χ2v) is 7.01. The van der Waals surface area contributed by atoms with Crippen molar-refractivity contribution in [2.75, 3.05) is 13.8 Å². The molecule has 8 nitrogen and oxygen atoms in total. The van der Waals surface area contributed by atoms with Crippen LogP contribution >= 0.6 is 0 Å². The quantitative estimate of drug-likeness (QED) is 0.408. The SMILES string of the molecule is CNC(C(=O)OCOC(=O)[C@@H](NC(=O)OC(C)(C)C)C(C)C)=C(C)C. The number of likely N-dealkylation sites (N-methyl/N-ethyl adjacent to an activating group) is 1. The van der Waals surface area contributed by atoms with Gasteiger partial charge in [-0.1, -0.05) is 13.8 Å². The van der Waals surface area contributed by atoms with Crippen molar-refractivity contribution in [2.24, 2.45) is 5.92 Å². The maximum absolute atomic E-state index is 12.1. The Labute approximate surface area is 149 Å². The molecule has 2 N–H and O–H groups in total. The first kappa shape index (κ1) is 22.8. The van der Waals surface area contributed by atoms with Gasteiger partial charge in [-0.25, -0.2) is 14.4 Å². The molecule has 0 saturated heterocycles. The molecule has 0 radical (unpaired) electrons. The summed E-state index contributed by atoms with van der Waals surface area (Å²) in [5.74, 6) is -1.57. The van der Waals surface area contributed by atoms with Crippen molar-refractivity contribution in [1.29, 1.82) is 0 Å². The van der Waals surface area contributed by atoms with E-state index in [0.29, 0.717) is 5.70 Å². The van der Waals surface area contributed by atoms with Gasteiger partial charge < -0.3 is 24.8 Å². The number of nitrogens with one attached hydrogen (secondary N) is 2. The molecule has 8 heteroatoms. The van der Waals surface area contributed by atoms with Gasteiger partial charge in [0, 0.05) is 7.05 Å². The maximum atomic E-state index is 12.1. The molecule has 25 heavy (non-hydrogen) atoms. The molecule has 0 fully saturated rings. The van der Waals surface area contributed by atoms with E-state index in [4.69, 9.17) is 14.2 Å². The molecule has 0 aromatic rings. The third-order valence-electron chi connectivity index (χ3n) is 2.94. The molecule has 144 valence electrons. The minimum Gasteiger partial charge on any atom is -0.444 e. The lowest BCUT2D eigenvalue weighted by atomic mass is 10.1. The fraction of sp³-hybridized carbons (Fsp3) is 0.706. The highest BCUT2D eigenvalue weighted by atomic mass is 16.7. The van der Waals surface area contributed by atoms with Gasteiger partial charge in [-0.2, -0.15) is 0 Å². The molecule has 1 atom stereocenters. The van der Waals surface area contributed by atoms with Crippen molar-refractivity contribution in [3.05, 3.63) is 11.3 Å². The van der Waals surface area contributed by atoms with E-state index < -0.39 is 36.5 Å². The minimum atomic E-state index is -0.916. The molecule has 0 aliphatic carbocycles. The monoisotopic (exact) mass is 358 g/mol. The second kappa shape index (κ2) is 9.90. The fourth-order valence-corrected chi connectivity index (χ4v) is 1.79. The third kappa shape index (κ3) is 8.97. The first-order valence-corrected chi connectivity index (χ1v) is 8.07. The zero-order valence-electron chi connectivity index (χ0n) is 16.3. The smallest absolute Gasteiger partial charge is 0.408 e. The van der Waals surface area contributed by atoms with Crippen molar-refractivity contribution < 1.29 is 28.6 Å². The lowest BCUT2D eigenvalue weighted by Gasteiger charge is -2.24. The highest BCUT2D eigenvalue weighted by Crippen LogP contribution is 2.10. The highest BCUT2D eigenvalue weighted by Gasteiger charge is 2.28. The predicted molar refractivity (Wildman–Crippen MR) is 92.5 cm³/mol. The molecule has 0 rings (SSSR count). The molecular formula is C17H30N2O6. The van der Waals surface area contributed by atoms with Gasteiger partial charge in [-0.15, -0.1) is 0 Å². The Kier molecular flexibility index (Phi) is 9.01. The van der Waals surface area contributed by atoms with Crippen LogP contribution in [-0.4, -0.2) is 43.5 Å². The van der Waals surface area contributed by atoms with Gasteiger partial charge in [0.2, 0.25) is 6.79 Å². The van der Waals surface area contributed by atoms with Crippen LogP contribution in [0.4, 0.5) is 4.79 Å². The van der Waals surface area contributed by atoms with Gasteiger partial charge in [0.25, 0.3) is 0 Å². The van der Waals surface area contributed by atoms with Crippen molar-refractivity contribution in [2.45, 2.75) is 60.1 Å². The molecule has 0 aliphatic heterocycles. The number of carbonyl (C=O) groups is 3. The van der Waals surface area contributed by atoms with Crippen molar-refractivity contribution in [1.82, 2.24) is 10.6 Å². The summed E-state index contributed by atoms with van der Waals surface area (Å²) in [4.78, 5) is 35.8. The number of esters is 2. The van der Waals surface area contributed by atoms with Gasteiger partial charge in [-0.3, -0.25) is 0 Å². The Bertz CT molecular complexity index is 516. The standard InChI is InChI=1S/C17H30N2O6/c1-10(2)12(18-8)14(20)23-9-24-15(21)13(11(3)4)19-16(22)25-17(5,6)7/h11,13,18H,9H2,1-8H3,(H,19,22)/t13-/m0/s1. The molecular weight excluding hydrogens is 328 g/mol. The predicted octanol–water partition coefficient (Wildman–Crippen LogP) is 2.09. The first-order valence-electron chi connectivity index (χ1n) is 8.07. The van der Waals surface area contributed by atoms with E-state index in [0.717, 1.165) is 5.57 Å².